The number of fused-ring (bicyclic) bond motifs is 12. The molecule has 170 valence electrons. The van der Waals surface area contributed by atoms with Crippen LogP contribution in [-0.2, 0) is 0 Å². The second kappa shape index (κ2) is 6.79. The summed E-state index contributed by atoms with van der Waals surface area (Å²) in [4.78, 5) is 26.8. The van der Waals surface area contributed by atoms with Crippen LogP contribution in [0.3, 0.4) is 0 Å². The van der Waals surface area contributed by atoms with Crippen molar-refractivity contribution in [3.05, 3.63) is 72.8 Å². The van der Waals surface area contributed by atoms with Crippen molar-refractivity contribution in [2.75, 3.05) is 0 Å². The molecule has 8 rings (SSSR count). The molecular weight excluding hydrogens is 448 g/mol. The Hall–Kier alpha value is -4.98. The zero-order valence-corrected chi connectivity index (χ0v) is 19.5. The smallest absolute Gasteiger partial charge is 0.126 e. The lowest BCUT2D eigenvalue weighted by atomic mass is 9.95. The van der Waals surface area contributed by atoms with Crippen LogP contribution in [-0.4, -0.2) is 40.1 Å². The first-order valence-corrected chi connectivity index (χ1v) is 11.7. The number of nitrogens with one attached hydrogen (secondary N) is 2. The predicted octanol–water partition coefficient (Wildman–Crippen LogP) is 5.92. The van der Waals surface area contributed by atoms with Gasteiger partial charge in [0.25, 0.3) is 0 Å². The molecule has 0 saturated carbocycles. The van der Waals surface area contributed by atoms with Gasteiger partial charge in [-0.05, 0) is 42.5 Å². The summed E-state index contributed by atoms with van der Waals surface area (Å²) >= 11 is 0. The molecule has 0 aliphatic rings. The highest BCUT2D eigenvalue weighted by atomic mass is 15.1. The normalized spacial score (nSPS) is 12.2. The van der Waals surface area contributed by atoms with E-state index < -0.39 is 0 Å². The van der Waals surface area contributed by atoms with Crippen molar-refractivity contribution in [2.45, 2.75) is 13.8 Å². The van der Waals surface area contributed by atoms with Crippen molar-refractivity contribution in [1.82, 2.24) is 40.1 Å². The van der Waals surface area contributed by atoms with E-state index in [1.54, 1.807) is 12.4 Å². The van der Waals surface area contributed by atoms with Gasteiger partial charge >= 0.3 is 0 Å². The number of aromatic nitrogens is 8. The van der Waals surface area contributed by atoms with Crippen molar-refractivity contribution in [3.63, 3.8) is 0 Å². The minimum atomic E-state index is 0.762. The van der Waals surface area contributed by atoms with E-state index in [2.05, 4.69) is 61.5 Å². The third-order valence-electron chi connectivity index (χ3n) is 6.98. The van der Waals surface area contributed by atoms with Gasteiger partial charge in [0.1, 0.15) is 22.7 Å². The van der Waals surface area contributed by atoms with Crippen molar-refractivity contribution in [3.8, 4) is 11.1 Å². The molecular formula is C28H18N8. The van der Waals surface area contributed by atoms with E-state index in [0.29, 0.717) is 0 Å². The molecule has 4 aromatic carbocycles. The summed E-state index contributed by atoms with van der Waals surface area (Å²) in [6.07, 6.45) is 7.23. The Morgan fingerprint density at radius 2 is 1.31 bits per heavy atom. The molecule has 4 aromatic heterocycles. The van der Waals surface area contributed by atoms with Crippen molar-refractivity contribution >= 4 is 65.4 Å². The molecule has 36 heavy (non-hydrogen) atoms. The molecule has 0 unspecified atom stereocenters. The second-order valence-corrected chi connectivity index (χ2v) is 9.15. The number of aromatic amines is 2. The van der Waals surface area contributed by atoms with Crippen molar-refractivity contribution < 1.29 is 0 Å². The van der Waals surface area contributed by atoms with E-state index in [1.165, 1.54) is 0 Å². The molecule has 0 saturated heterocycles. The topological polar surface area (TPSA) is 109 Å². The number of nitrogens with zero attached hydrogens (tertiary/aromatic N) is 6. The number of hydrogen-bond donors (Lipinski definition) is 2. The summed E-state index contributed by atoms with van der Waals surface area (Å²) in [5.41, 5.74) is 7.53. The van der Waals surface area contributed by atoms with Crippen LogP contribution in [0.1, 0.15) is 11.6 Å². The van der Waals surface area contributed by atoms with E-state index in [1.807, 2.05) is 26.2 Å². The van der Waals surface area contributed by atoms with Gasteiger partial charge in [-0.1, -0.05) is 24.3 Å². The molecule has 0 aliphatic carbocycles. The third kappa shape index (κ3) is 2.52. The molecule has 8 heteroatoms. The van der Waals surface area contributed by atoms with Gasteiger partial charge in [-0.15, -0.1) is 0 Å². The fraction of sp³-hybridized carbons (Fsp3) is 0.0714. The van der Waals surface area contributed by atoms with Crippen LogP contribution in [0.15, 0.2) is 61.2 Å². The minimum absolute atomic E-state index is 0.762. The fourth-order valence-corrected chi connectivity index (χ4v) is 5.45. The van der Waals surface area contributed by atoms with Crippen LogP contribution >= 0.6 is 0 Å². The quantitative estimate of drug-likeness (QED) is 0.291. The Morgan fingerprint density at radius 3 is 2.11 bits per heavy atom. The van der Waals surface area contributed by atoms with E-state index in [-0.39, 0.29) is 0 Å². The molecule has 8 nitrogen and oxygen atoms in total. The van der Waals surface area contributed by atoms with Crippen LogP contribution in [0.4, 0.5) is 0 Å². The van der Waals surface area contributed by atoms with Gasteiger partial charge in [0.2, 0.25) is 0 Å². The van der Waals surface area contributed by atoms with Crippen LogP contribution in [0.5, 0.6) is 0 Å². The molecule has 0 radical (unpaired) electrons. The summed E-state index contributed by atoms with van der Waals surface area (Å²) in [6.45, 7) is 3.89. The Kier molecular flexibility index (Phi) is 3.65. The highest BCUT2D eigenvalue weighted by molar-refractivity contribution is 6.24. The first-order valence-electron chi connectivity index (χ1n) is 11.7. The van der Waals surface area contributed by atoms with Crippen molar-refractivity contribution in [2.24, 2.45) is 0 Å². The average Bonchev–Trinajstić information content (AvgIpc) is 3.51. The summed E-state index contributed by atoms with van der Waals surface area (Å²) in [6, 6.07) is 13.0. The largest absolute Gasteiger partial charge is 0.340 e. The van der Waals surface area contributed by atoms with E-state index in [9.17, 15) is 0 Å². The molecule has 0 spiro atoms. The Labute approximate surface area is 203 Å². The molecule has 0 bridgehead atoms. The summed E-state index contributed by atoms with van der Waals surface area (Å²) in [5, 5.41) is 13.6. The summed E-state index contributed by atoms with van der Waals surface area (Å²) in [7, 11) is 0. The van der Waals surface area contributed by atoms with E-state index >= 15 is 0 Å². The van der Waals surface area contributed by atoms with Crippen molar-refractivity contribution in [1.29, 1.82) is 0 Å². The Morgan fingerprint density at radius 1 is 0.611 bits per heavy atom. The van der Waals surface area contributed by atoms with Gasteiger partial charge in [0, 0.05) is 45.5 Å². The maximum absolute atomic E-state index is 4.75. The molecule has 0 aliphatic heterocycles. The number of rotatable bonds is 1. The monoisotopic (exact) mass is 466 g/mol. The number of aryl methyl sites for hydroxylation is 2. The number of imidazole rings is 2. The SMILES string of the molecule is Cc1nc2c3ccc(-c4ccc5c(c4)c4nccnc4c4[nH]c(C)nc54)cc3c3c[nH]ncc3c2n1. The molecule has 0 fully saturated rings. The third-order valence-corrected chi connectivity index (χ3v) is 6.98. The zero-order chi connectivity index (χ0) is 24.0. The van der Waals surface area contributed by atoms with Crippen LogP contribution in [0, 0.1) is 13.8 Å². The lowest BCUT2D eigenvalue weighted by Crippen LogP contribution is -1.89. The predicted molar refractivity (Wildman–Crippen MR) is 142 cm³/mol. The zero-order valence-electron chi connectivity index (χ0n) is 19.5. The lowest BCUT2D eigenvalue weighted by Gasteiger charge is -2.10. The van der Waals surface area contributed by atoms with Gasteiger partial charge < -0.3 is 4.98 Å². The average molecular weight is 467 g/mol. The number of H-pyrrole nitrogens is 2. The van der Waals surface area contributed by atoms with Gasteiger partial charge in [-0.3, -0.25) is 15.1 Å². The Bertz CT molecular complexity index is 2030. The maximum Gasteiger partial charge on any atom is 0.126 e. The van der Waals surface area contributed by atoms with E-state index in [4.69, 9.17) is 15.0 Å². The van der Waals surface area contributed by atoms with Gasteiger partial charge in [0.05, 0.1) is 28.3 Å². The highest BCUT2D eigenvalue weighted by Crippen LogP contribution is 2.38. The van der Waals surface area contributed by atoms with Gasteiger partial charge in [-0.2, -0.15) is 5.10 Å². The second-order valence-electron chi connectivity index (χ2n) is 9.15. The van der Waals surface area contributed by atoms with Gasteiger partial charge in [-0.25, -0.2) is 15.0 Å². The summed E-state index contributed by atoms with van der Waals surface area (Å²) in [5.74, 6) is 1.62. The number of benzene rings is 4. The fourth-order valence-electron chi connectivity index (χ4n) is 5.45. The van der Waals surface area contributed by atoms with E-state index in [0.717, 1.165) is 88.2 Å². The van der Waals surface area contributed by atoms with Crippen LogP contribution < -0.4 is 0 Å². The number of hydrogen-bond acceptors (Lipinski definition) is 6. The standard InChI is InChI=1S/C28H18N8/c1-13-33-24-17-5-3-15(9-19(17)21-11-31-32-12-22(21)26(24)35-13)16-4-6-18-20(10-16)23-27(30-8-7-29-23)28-25(18)34-14(2)36-28/h3-12,31H,1-2H3,(H,34,36). The van der Waals surface area contributed by atoms with Crippen LogP contribution in [0.2, 0.25) is 0 Å². The summed E-state index contributed by atoms with van der Waals surface area (Å²) < 4.78 is 0. The molecule has 0 atom stereocenters. The maximum atomic E-state index is 4.75. The molecule has 0 amide bonds. The van der Waals surface area contributed by atoms with Gasteiger partial charge in [0.15, 0.2) is 0 Å². The van der Waals surface area contributed by atoms with Crippen LogP contribution in [0.25, 0.3) is 76.5 Å². The molecule has 2 N–H and O–H groups in total. The Balaban J connectivity index is 1.45. The first-order chi connectivity index (χ1) is 17.7. The lowest BCUT2D eigenvalue weighted by molar-refractivity contribution is 1.05. The minimum Gasteiger partial charge on any atom is -0.340 e. The molecule has 8 aromatic rings. The highest BCUT2D eigenvalue weighted by Gasteiger charge is 2.16. The first kappa shape index (κ1) is 19.3. The molecule has 4 heterocycles.